The largest absolute Gasteiger partial charge is 0.368 e. The molecular weight excluding hydrogens is 252 g/mol. The second-order valence-corrected chi connectivity index (χ2v) is 5.24. The number of nitrogens with zero attached hydrogens (tertiary/aromatic N) is 2. The summed E-state index contributed by atoms with van der Waals surface area (Å²) in [5.74, 6) is -0.0714. The lowest BCUT2D eigenvalue weighted by Gasteiger charge is -2.32. The fourth-order valence-electron chi connectivity index (χ4n) is 1.39. The molecule has 0 bridgehead atoms. The van der Waals surface area contributed by atoms with E-state index in [0.717, 1.165) is 11.4 Å². The molecule has 0 aliphatic heterocycles. The van der Waals surface area contributed by atoms with Crippen molar-refractivity contribution in [1.82, 2.24) is 9.97 Å². The van der Waals surface area contributed by atoms with Gasteiger partial charge in [0.2, 0.25) is 5.91 Å². The highest BCUT2D eigenvalue weighted by atomic mass is 35.5. The Morgan fingerprint density at radius 2 is 1.83 bits per heavy atom. The van der Waals surface area contributed by atoms with E-state index in [1.165, 1.54) is 0 Å². The van der Waals surface area contributed by atoms with E-state index >= 15 is 0 Å². The second-order valence-electron chi connectivity index (χ2n) is 4.88. The molecule has 3 N–H and O–H groups in total. The highest BCUT2D eigenvalue weighted by molar-refractivity contribution is 6.31. The summed E-state index contributed by atoms with van der Waals surface area (Å²) in [5.41, 5.74) is 6.05. The normalized spacial score (nSPS) is 14.4. The number of amides is 1. The van der Waals surface area contributed by atoms with Crippen molar-refractivity contribution in [3.05, 3.63) is 16.5 Å². The van der Waals surface area contributed by atoms with Crippen molar-refractivity contribution in [2.24, 2.45) is 11.7 Å². The first-order valence-electron chi connectivity index (χ1n) is 5.77. The number of nitrogens with two attached hydrogens (primary N) is 1. The zero-order valence-electron chi connectivity index (χ0n) is 11.3. The Morgan fingerprint density at radius 1 is 1.33 bits per heavy atom. The number of carbonyl (C=O) groups is 1. The van der Waals surface area contributed by atoms with Crippen molar-refractivity contribution in [3.63, 3.8) is 0 Å². The van der Waals surface area contributed by atoms with E-state index in [1.54, 1.807) is 6.92 Å². The lowest BCUT2D eigenvalue weighted by Crippen LogP contribution is -2.52. The monoisotopic (exact) mass is 270 g/mol. The smallest absolute Gasteiger partial charge is 0.243 e. The van der Waals surface area contributed by atoms with E-state index in [0.29, 0.717) is 5.82 Å². The van der Waals surface area contributed by atoms with Crippen molar-refractivity contribution in [2.45, 2.75) is 40.2 Å². The molecule has 18 heavy (non-hydrogen) atoms. The van der Waals surface area contributed by atoms with E-state index in [1.807, 2.05) is 27.7 Å². The molecule has 0 saturated carbocycles. The lowest BCUT2D eigenvalue weighted by atomic mass is 9.88. The SMILES string of the molecule is Cc1nc(Cl)c(NC(C)(C(N)=O)C(C)C)nc1C. The van der Waals surface area contributed by atoms with E-state index in [9.17, 15) is 4.79 Å². The topological polar surface area (TPSA) is 80.9 Å². The summed E-state index contributed by atoms with van der Waals surface area (Å²) in [6.07, 6.45) is 0. The van der Waals surface area contributed by atoms with Crippen molar-refractivity contribution < 1.29 is 4.79 Å². The molecule has 0 aromatic carbocycles. The minimum atomic E-state index is -0.917. The Bertz CT molecular complexity index is 475. The van der Waals surface area contributed by atoms with Gasteiger partial charge in [-0.3, -0.25) is 4.79 Å². The van der Waals surface area contributed by atoms with Crippen LogP contribution in [0.15, 0.2) is 0 Å². The van der Waals surface area contributed by atoms with Crippen molar-refractivity contribution in [2.75, 3.05) is 5.32 Å². The van der Waals surface area contributed by atoms with E-state index in [4.69, 9.17) is 17.3 Å². The number of hydrogen-bond donors (Lipinski definition) is 2. The molecule has 1 amide bonds. The first kappa shape index (κ1) is 14.7. The molecule has 0 aliphatic carbocycles. The zero-order chi connectivity index (χ0) is 14.1. The van der Waals surface area contributed by atoms with Crippen LogP contribution in [-0.2, 0) is 4.79 Å². The third kappa shape index (κ3) is 2.72. The van der Waals surface area contributed by atoms with Crippen LogP contribution in [0.25, 0.3) is 0 Å². The molecule has 1 aromatic rings. The molecule has 1 rings (SSSR count). The molecule has 0 saturated heterocycles. The van der Waals surface area contributed by atoms with Crippen LogP contribution in [0.2, 0.25) is 5.15 Å². The number of anilines is 1. The maximum Gasteiger partial charge on any atom is 0.243 e. The summed E-state index contributed by atoms with van der Waals surface area (Å²) in [6, 6.07) is 0. The molecule has 1 heterocycles. The molecule has 5 nitrogen and oxygen atoms in total. The van der Waals surface area contributed by atoms with Gasteiger partial charge >= 0.3 is 0 Å². The molecule has 1 atom stereocenters. The molecule has 1 aromatic heterocycles. The molecule has 100 valence electrons. The maximum atomic E-state index is 11.6. The summed E-state index contributed by atoms with van der Waals surface area (Å²) in [5, 5.41) is 3.25. The van der Waals surface area contributed by atoms with Gasteiger partial charge in [0.05, 0.1) is 11.4 Å². The Morgan fingerprint density at radius 3 is 2.28 bits per heavy atom. The van der Waals surface area contributed by atoms with Gasteiger partial charge in [-0.05, 0) is 26.7 Å². The predicted molar refractivity (Wildman–Crippen MR) is 72.6 cm³/mol. The number of halogens is 1. The second kappa shape index (κ2) is 5.10. The van der Waals surface area contributed by atoms with Crippen LogP contribution in [0.3, 0.4) is 0 Å². The number of aromatic nitrogens is 2. The van der Waals surface area contributed by atoms with Crippen molar-refractivity contribution >= 4 is 23.3 Å². The standard InChI is InChI=1S/C12H19ClN4O/c1-6(2)12(5,11(14)18)17-10-9(13)15-7(3)8(4)16-10/h6H,1-5H3,(H2,14,18)(H,16,17). The third-order valence-electron chi connectivity index (χ3n) is 3.31. The van der Waals surface area contributed by atoms with Crippen molar-refractivity contribution in [1.29, 1.82) is 0 Å². The fraction of sp³-hybridized carbons (Fsp3) is 0.583. The number of carbonyl (C=O) groups excluding carboxylic acids is 1. The van der Waals surface area contributed by atoms with Gasteiger partial charge in [0.15, 0.2) is 11.0 Å². The molecular formula is C12H19ClN4O. The van der Waals surface area contributed by atoms with Crippen LogP contribution in [0, 0.1) is 19.8 Å². The number of aryl methyl sites for hydroxylation is 2. The van der Waals surface area contributed by atoms with Crippen LogP contribution < -0.4 is 11.1 Å². The molecule has 6 heteroatoms. The predicted octanol–water partition coefficient (Wildman–Crippen LogP) is 2.06. The van der Waals surface area contributed by atoms with Gasteiger partial charge < -0.3 is 11.1 Å². The molecule has 0 fully saturated rings. The summed E-state index contributed by atoms with van der Waals surface area (Å²) < 4.78 is 0. The van der Waals surface area contributed by atoms with E-state index in [2.05, 4.69) is 15.3 Å². The minimum Gasteiger partial charge on any atom is -0.368 e. The minimum absolute atomic E-state index is 0.00511. The average molecular weight is 271 g/mol. The van der Waals surface area contributed by atoms with Gasteiger partial charge in [-0.15, -0.1) is 0 Å². The highest BCUT2D eigenvalue weighted by Gasteiger charge is 2.35. The van der Waals surface area contributed by atoms with Crippen LogP contribution in [-0.4, -0.2) is 21.4 Å². The summed E-state index contributed by atoms with van der Waals surface area (Å²) >= 11 is 6.03. The van der Waals surface area contributed by atoms with E-state index < -0.39 is 11.4 Å². The zero-order valence-corrected chi connectivity index (χ0v) is 12.1. The van der Waals surface area contributed by atoms with Crippen LogP contribution >= 0.6 is 11.6 Å². The Labute approximate surface area is 112 Å². The number of nitrogens with one attached hydrogen (secondary N) is 1. The molecule has 0 radical (unpaired) electrons. The molecule has 0 spiro atoms. The summed E-state index contributed by atoms with van der Waals surface area (Å²) in [7, 11) is 0. The van der Waals surface area contributed by atoms with Crippen LogP contribution in [0.4, 0.5) is 5.82 Å². The van der Waals surface area contributed by atoms with Gasteiger partial charge in [0, 0.05) is 0 Å². The third-order valence-corrected chi connectivity index (χ3v) is 3.57. The Kier molecular flexibility index (Phi) is 4.16. The number of rotatable bonds is 4. The average Bonchev–Trinajstić information content (AvgIpc) is 2.25. The first-order valence-corrected chi connectivity index (χ1v) is 6.15. The summed E-state index contributed by atoms with van der Waals surface area (Å²) in [4.78, 5) is 20.1. The highest BCUT2D eigenvalue weighted by Crippen LogP contribution is 2.26. The Balaban J connectivity index is 3.17. The maximum absolute atomic E-state index is 11.6. The Hall–Kier alpha value is -1.36. The van der Waals surface area contributed by atoms with Gasteiger partial charge in [-0.25, -0.2) is 9.97 Å². The van der Waals surface area contributed by atoms with Gasteiger partial charge in [0.1, 0.15) is 5.54 Å². The van der Waals surface area contributed by atoms with Gasteiger partial charge in [-0.1, -0.05) is 25.4 Å². The van der Waals surface area contributed by atoms with Crippen molar-refractivity contribution in [3.8, 4) is 0 Å². The van der Waals surface area contributed by atoms with Gasteiger partial charge in [0.25, 0.3) is 0 Å². The lowest BCUT2D eigenvalue weighted by molar-refractivity contribution is -0.123. The molecule has 0 aliphatic rings. The van der Waals surface area contributed by atoms with Crippen LogP contribution in [0.1, 0.15) is 32.2 Å². The number of hydrogen-bond acceptors (Lipinski definition) is 4. The summed E-state index contributed by atoms with van der Waals surface area (Å²) in [6.45, 7) is 9.20. The molecule has 1 unspecified atom stereocenters. The van der Waals surface area contributed by atoms with E-state index in [-0.39, 0.29) is 11.1 Å². The fourth-order valence-corrected chi connectivity index (χ4v) is 1.61. The van der Waals surface area contributed by atoms with Gasteiger partial charge in [-0.2, -0.15) is 0 Å². The number of primary amides is 1. The van der Waals surface area contributed by atoms with Crippen LogP contribution in [0.5, 0.6) is 0 Å². The quantitative estimate of drug-likeness (QED) is 0.877. The first-order chi connectivity index (χ1) is 8.18.